The molecule has 1 heterocycles. The molecule has 3 rings (SSSR count). The molecule has 1 amide bonds. The molecule has 0 bridgehead atoms. The molecule has 1 N–H and O–H groups in total. The van der Waals surface area contributed by atoms with E-state index in [1.807, 2.05) is 56.3 Å². The van der Waals surface area contributed by atoms with Crippen LogP contribution in [0.4, 0.5) is 5.82 Å². The smallest absolute Gasteiger partial charge is 0.230 e. The summed E-state index contributed by atoms with van der Waals surface area (Å²) in [6.07, 6.45) is 0.225. The van der Waals surface area contributed by atoms with Gasteiger partial charge in [0.25, 0.3) is 0 Å². The number of nitrogens with one attached hydrogen (secondary N) is 1. The number of methoxy groups -OCH3 is 1. The van der Waals surface area contributed by atoms with E-state index in [1.165, 1.54) is 0 Å². The number of aromatic nitrogens is 2. The molecule has 0 aliphatic carbocycles. The van der Waals surface area contributed by atoms with Crippen molar-refractivity contribution in [3.8, 4) is 17.0 Å². The summed E-state index contributed by atoms with van der Waals surface area (Å²) in [5.41, 5.74) is 4.43. The van der Waals surface area contributed by atoms with Gasteiger partial charge in [0, 0.05) is 5.56 Å². The van der Waals surface area contributed by atoms with Crippen LogP contribution in [0.3, 0.4) is 0 Å². The van der Waals surface area contributed by atoms with Crippen LogP contribution in [0.2, 0.25) is 0 Å². The minimum atomic E-state index is -0.188. The lowest BCUT2D eigenvalue weighted by Crippen LogP contribution is -2.15. The van der Waals surface area contributed by atoms with Gasteiger partial charge in [-0.15, -0.1) is 0 Å². The van der Waals surface area contributed by atoms with Crippen LogP contribution in [-0.4, -0.2) is 23.3 Å². The van der Waals surface area contributed by atoms with Gasteiger partial charge in [0.1, 0.15) is 5.75 Å². The van der Waals surface area contributed by atoms with Crippen LogP contribution in [0.25, 0.3) is 11.3 Å². The van der Waals surface area contributed by atoms with Gasteiger partial charge in [-0.3, -0.25) is 4.79 Å². The number of nitrogens with zero attached hydrogens (tertiary/aromatic N) is 2. The first-order valence-corrected chi connectivity index (χ1v) is 7.90. The average Bonchev–Trinajstić information content (AvgIpc) is 3.05. The fourth-order valence-corrected chi connectivity index (χ4v) is 2.54. The average molecular weight is 337 g/mol. The molecule has 2 aromatic carbocycles. The summed E-state index contributed by atoms with van der Waals surface area (Å²) in [6.45, 7) is 3.98. The molecule has 1 aromatic heterocycles. The number of aryl methyl sites for hydroxylation is 2. The van der Waals surface area contributed by atoms with Crippen LogP contribution >= 0.6 is 0 Å². The molecule has 0 aliphatic heterocycles. The Balaban J connectivity index is 1.76. The summed E-state index contributed by atoms with van der Waals surface area (Å²) in [4.78, 5) is 12.3. The summed E-state index contributed by atoms with van der Waals surface area (Å²) in [6, 6.07) is 13.4. The summed E-state index contributed by atoms with van der Waals surface area (Å²) in [5, 5.41) is 10.6. The minimum Gasteiger partial charge on any atom is -0.497 e. The Hall–Kier alpha value is -3.15. The number of ether oxygens (including phenoxy) is 1. The number of rotatable bonds is 5. The number of amides is 1. The van der Waals surface area contributed by atoms with Gasteiger partial charge in [-0.05, 0) is 53.5 Å². The van der Waals surface area contributed by atoms with Gasteiger partial charge in [-0.2, -0.15) is 0 Å². The van der Waals surface area contributed by atoms with E-state index in [4.69, 9.17) is 9.37 Å². The van der Waals surface area contributed by atoms with E-state index in [0.29, 0.717) is 11.5 Å². The molecule has 128 valence electrons. The summed E-state index contributed by atoms with van der Waals surface area (Å²) in [7, 11) is 1.61. The van der Waals surface area contributed by atoms with Crippen molar-refractivity contribution in [2.45, 2.75) is 20.3 Å². The fraction of sp³-hybridized carbons (Fsp3) is 0.211. The molecule has 0 fully saturated rings. The molecule has 0 radical (unpaired) electrons. The highest BCUT2D eigenvalue weighted by molar-refractivity contribution is 5.94. The lowest BCUT2D eigenvalue weighted by Gasteiger charge is -2.07. The molecule has 6 heteroatoms. The molecule has 0 aliphatic rings. The molecule has 3 aromatic rings. The summed E-state index contributed by atoms with van der Waals surface area (Å²) >= 11 is 0. The topological polar surface area (TPSA) is 77.2 Å². The number of carbonyl (C=O) groups is 1. The number of hydrogen-bond donors (Lipinski definition) is 1. The predicted octanol–water partition coefficient (Wildman–Crippen LogP) is 3.54. The van der Waals surface area contributed by atoms with Gasteiger partial charge in [0.15, 0.2) is 5.69 Å². The fourth-order valence-electron chi connectivity index (χ4n) is 2.54. The Bertz CT molecular complexity index is 885. The van der Waals surface area contributed by atoms with Gasteiger partial charge in [0.2, 0.25) is 11.7 Å². The lowest BCUT2D eigenvalue weighted by atomic mass is 10.0. The summed E-state index contributed by atoms with van der Waals surface area (Å²) in [5.74, 6) is 0.890. The van der Waals surface area contributed by atoms with E-state index in [0.717, 1.165) is 28.0 Å². The molecule has 0 unspecified atom stereocenters. The van der Waals surface area contributed by atoms with Crippen molar-refractivity contribution in [1.82, 2.24) is 10.3 Å². The second kappa shape index (κ2) is 7.17. The monoisotopic (exact) mass is 337 g/mol. The summed E-state index contributed by atoms with van der Waals surface area (Å²) < 4.78 is 9.96. The molecule has 0 spiro atoms. The van der Waals surface area contributed by atoms with E-state index in [9.17, 15) is 4.79 Å². The van der Waals surface area contributed by atoms with Crippen molar-refractivity contribution in [3.63, 3.8) is 0 Å². The number of benzene rings is 2. The third kappa shape index (κ3) is 3.85. The van der Waals surface area contributed by atoms with Crippen LogP contribution in [0.5, 0.6) is 5.75 Å². The zero-order valence-corrected chi connectivity index (χ0v) is 14.4. The molecule has 0 saturated carbocycles. The van der Waals surface area contributed by atoms with Crippen molar-refractivity contribution >= 4 is 11.7 Å². The third-order valence-electron chi connectivity index (χ3n) is 3.92. The van der Waals surface area contributed by atoms with Gasteiger partial charge < -0.3 is 10.1 Å². The first kappa shape index (κ1) is 16.7. The second-order valence-corrected chi connectivity index (χ2v) is 5.85. The SMILES string of the molecule is COc1ccc(CC(=O)Nc2nonc2-c2cc(C)ccc2C)cc1. The van der Waals surface area contributed by atoms with Crippen molar-refractivity contribution < 1.29 is 14.2 Å². The second-order valence-electron chi connectivity index (χ2n) is 5.85. The van der Waals surface area contributed by atoms with Gasteiger partial charge in [-0.25, -0.2) is 4.63 Å². The van der Waals surface area contributed by atoms with Crippen LogP contribution < -0.4 is 10.1 Å². The van der Waals surface area contributed by atoms with Gasteiger partial charge >= 0.3 is 0 Å². The zero-order valence-electron chi connectivity index (χ0n) is 14.4. The largest absolute Gasteiger partial charge is 0.497 e. The van der Waals surface area contributed by atoms with Crippen molar-refractivity contribution in [3.05, 3.63) is 59.2 Å². The van der Waals surface area contributed by atoms with E-state index < -0.39 is 0 Å². The standard InChI is InChI=1S/C19H19N3O3/c1-12-4-5-13(2)16(10-12)18-19(22-25-21-18)20-17(23)11-14-6-8-15(24-3)9-7-14/h4-10H,11H2,1-3H3,(H,20,22,23). The maximum Gasteiger partial charge on any atom is 0.230 e. The maximum atomic E-state index is 12.3. The minimum absolute atomic E-state index is 0.188. The molecular formula is C19H19N3O3. The molecule has 0 saturated heterocycles. The van der Waals surface area contributed by atoms with Crippen LogP contribution in [0.15, 0.2) is 47.1 Å². The Morgan fingerprint density at radius 1 is 1.12 bits per heavy atom. The number of hydrogen-bond acceptors (Lipinski definition) is 5. The van der Waals surface area contributed by atoms with Crippen molar-refractivity contribution in [1.29, 1.82) is 0 Å². The molecular weight excluding hydrogens is 318 g/mol. The van der Waals surface area contributed by atoms with Crippen molar-refractivity contribution in [2.75, 3.05) is 12.4 Å². The Morgan fingerprint density at radius 2 is 1.88 bits per heavy atom. The maximum absolute atomic E-state index is 12.3. The van der Waals surface area contributed by atoms with Crippen LogP contribution in [0, 0.1) is 13.8 Å². The normalized spacial score (nSPS) is 10.5. The Kier molecular flexibility index (Phi) is 4.79. The third-order valence-corrected chi connectivity index (χ3v) is 3.92. The molecule has 6 nitrogen and oxygen atoms in total. The van der Waals surface area contributed by atoms with Gasteiger partial charge in [0.05, 0.1) is 13.5 Å². The highest BCUT2D eigenvalue weighted by atomic mass is 16.6. The highest BCUT2D eigenvalue weighted by Gasteiger charge is 2.17. The van der Waals surface area contributed by atoms with E-state index in [2.05, 4.69) is 15.6 Å². The number of anilines is 1. The van der Waals surface area contributed by atoms with E-state index in [1.54, 1.807) is 7.11 Å². The van der Waals surface area contributed by atoms with Crippen LogP contribution in [0.1, 0.15) is 16.7 Å². The van der Waals surface area contributed by atoms with E-state index >= 15 is 0 Å². The van der Waals surface area contributed by atoms with Gasteiger partial charge in [-0.1, -0.05) is 29.8 Å². The van der Waals surface area contributed by atoms with E-state index in [-0.39, 0.29) is 12.3 Å². The molecule has 0 atom stereocenters. The highest BCUT2D eigenvalue weighted by Crippen LogP contribution is 2.28. The first-order chi connectivity index (χ1) is 12.1. The number of carbonyl (C=O) groups excluding carboxylic acids is 1. The van der Waals surface area contributed by atoms with Crippen molar-refractivity contribution in [2.24, 2.45) is 0 Å². The lowest BCUT2D eigenvalue weighted by molar-refractivity contribution is -0.115. The predicted molar refractivity (Wildman–Crippen MR) is 94.5 cm³/mol. The Morgan fingerprint density at radius 3 is 2.60 bits per heavy atom. The van der Waals surface area contributed by atoms with Crippen LogP contribution in [-0.2, 0) is 11.2 Å². The first-order valence-electron chi connectivity index (χ1n) is 7.90. The zero-order chi connectivity index (χ0) is 17.8. The molecule has 25 heavy (non-hydrogen) atoms. The Labute approximate surface area is 145 Å². The quantitative estimate of drug-likeness (QED) is 0.770.